The van der Waals surface area contributed by atoms with Crippen LogP contribution in [0.15, 0.2) is 35.3 Å². The summed E-state index contributed by atoms with van der Waals surface area (Å²) >= 11 is 5.78. The second-order valence-corrected chi connectivity index (χ2v) is 8.83. The highest BCUT2D eigenvalue weighted by Gasteiger charge is 2.20. The lowest BCUT2D eigenvalue weighted by molar-refractivity contribution is -0.368. The molecule has 0 radical (unpaired) electrons. The summed E-state index contributed by atoms with van der Waals surface area (Å²) in [7, 11) is 2.08. The van der Waals surface area contributed by atoms with Crippen LogP contribution in [-0.4, -0.2) is 54.0 Å². The minimum Gasteiger partial charge on any atom is -0.481 e. The van der Waals surface area contributed by atoms with Gasteiger partial charge in [0.25, 0.3) is 5.82 Å². The van der Waals surface area contributed by atoms with Crippen LogP contribution >= 0.6 is 11.6 Å². The monoisotopic (exact) mass is 489 g/mol. The molecule has 2 aromatic heterocycles. The topological polar surface area (TPSA) is 113 Å². The van der Waals surface area contributed by atoms with Gasteiger partial charge >= 0.3 is 5.56 Å². The van der Waals surface area contributed by atoms with Gasteiger partial charge in [0, 0.05) is 31.9 Å². The Hall–Kier alpha value is -3.08. The Labute approximate surface area is 200 Å². The van der Waals surface area contributed by atoms with Crippen molar-refractivity contribution in [1.29, 1.82) is 0 Å². The molecule has 0 bridgehead atoms. The number of carbonyl (C=O) groups excluding carboxylic acids is 1. The highest BCUT2D eigenvalue weighted by atomic mass is 35.5. The van der Waals surface area contributed by atoms with Crippen molar-refractivity contribution in [3.8, 4) is 5.75 Å². The molecule has 4 rings (SSSR count). The number of hydrogen-bond acceptors (Lipinski definition) is 6. The van der Waals surface area contributed by atoms with Crippen molar-refractivity contribution in [2.75, 3.05) is 33.2 Å². The molecule has 1 aromatic carbocycles. The Morgan fingerprint density at radius 1 is 1.41 bits per heavy atom. The number of likely N-dealkylation sites (tertiary alicyclic amines) is 1. The largest absolute Gasteiger partial charge is 0.481 e. The van der Waals surface area contributed by atoms with Crippen LogP contribution in [0.4, 0.5) is 4.39 Å². The molecule has 1 atom stereocenters. The predicted molar refractivity (Wildman–Crippen MR) is 125 cm³/mol. The van der Waals surface area contributed by atoms with Gasteiger partial charge < -0.3 is 20.3 Å². The first-order valence-corrected chi connectivity index (χ1v) is 11.4. The van der Waals surface area contributed by atoms with Crippen molar-refractivity contribution in [3.05, 3.63) is 63.2 Å². The summed E-state index contributed by atoms with van der Waals surface area (Å²) in [4.78, 5) is 37.2. The first kappa shape index (κ1) is 24.1. The van der Waals surface area contributed by atoms with E-state index >= 15 is 0 Å². The van der Waals surface area contributed by atoms with Gasteiger partial charge in [0.2, 0.25) is 5.91 Å². The number of ether oxygens (including phenoxy) is 1. The zero-order chi connectivity index (χ0) is 24.1. The fourth-order valence-corrected chi connectivity index (χ4v) is 4.13. The molecule has 180 valence electrons. The van der Waals surface area contributed by atoms with Gasteiger partial charge in [-0.25, -0.2) is 19.2 Å². The Morgan fingerprint density at radius 3 is 3.03 bits per heavy atom. The Morgan fingerprint density at radius 2 is 2.26 bits per heavy atom. The average molecular weight is 490 g/mol. The minimum absolute atomic E-state index is 0.00760. The van der Waals surface area contributed by atoms with Crippen molar-refractivity contribution in [3.63, 3.8) is 0 Å². The van der Waals surface area contributed by atoms with Gasteiger partial charge in [-0.05, 0) is 44.1 Å². The van der Waals surface area contributed by atoms with E-state index in [0.717, 1.165) is 19.5 Å². The van der Waals surface area contributed by atoms with Crippen LogP contribution in [0.2, 0.25) is 5.02 Å². The van der Waals surface area contributed by atoms with Crippen LogP contribution in [0, 0.1) is 11.7 Å². The van der Waals surface area contributed by atoms with Crippen LogP contribution in [0.1, 0.15) is 17.9 Å². The lowest BCUT2D eigenvalue weighted by atomic mass is 10.1. The number of hydrogen-bond donors (Lipinski definition) is 3. The number of nitrogens with zero attached hydrogens (tertiary/aromatic N) is 2. The van der Waals surface area contributed by atoms with Crippen LogP contribution in [-0.2, 0) is 17.9 Å². The molecule has 3 aromatic rings. The summed E-state index contributed by atoms with van der Waals surface area (Å²) in [5.74, 6) is 0.642. The van der Waals surface area contributed by atoms with Gasteiger partial charge in [0.05, 0.1) is 11.6 Å². The van der Waals surface area contributed by atoms with E-state index in [0.29, 0.717) is 47.2 Å². The standard InChI is InChI=1S/C23H26ClFN6O3/c1-31-7-5-14(12-31)9-28-21(32)11-26-10-19-22-16(4-6-27-19)23(33)30-20(29-22)13-34-15-2-3-18(25)17(24)8-15/h2-4,6,8,14,26H,5,7,9-13H2,1H3,(H,28,32)(H,29,30,33)/p+1. The SMILES string of the molecule is CN1CCC(CNC(=O)CNCc2nccc3c(=O)[nH]c(COc4ccc(F)c(Cl)c4)[nH+]c23)C1. The van der Waals surface area contributed by atoms with E-state index in [1.165, 1.54) is 18.2 Å². The zero-order valence-electron chi connectivity index (χ0n) is 18.8. The van der Waals surface area contributed by atoms with Gasteiger partial charge in [0.15, 0.2) is 12.1 Å². The molecule has 1 unspecified atom stereocenters. The highest BCUT2D eigenvalue weighted by Crippen LogP contribution is 2.21. The Bertz CT molecular complexity index is 1240. The number of aromatic amines is 2. The molecule has 9 nitrogen and oxygen atoms in total. The maximum atomic E-state index is 13.3. The molecule has 0 aliphatic carbocycles. The molecule has 1 fully saturated rings. The summed E-state index contributed by atoms with van der Waals surface area (Å²) in [5, 5.41) is 6.44. The highest BCUT2D eigenvalue weighted by molar-refractivity contribution is 6.30. The first-order chi connectivity index (χ1) is 16.4. The van der Waals surface area contributed by atoms with Gasteiger partial charge in [-0.15, -0.1) is 0 Å². The molecule has 11 heteroatoms. The molecule has 3 heterocycles. The van der Waals surface area contributed by atoms with Crippen LogP contribution in [0.25, 0.3) is 10.9 Å². The Balaban J connectivity index is 1.37. The molecule has 0 saturated carbocycles. The van der Waals surface area contributed by atoms with E-state index < -0.39 is 5.82 Å². The lowest BCUT2D eigenvalue weighted by Gasteiger charge is -2.12. The van der Waals surface area contributed by atoms with Gasteiger partial charge in [-0.3, -0.25) is 9.78 Å². The quantitative estimate of drug-likeness (QED) is 0.417. The zero-order valence-corrected chi connectivity index (χ0v) is 19.5. The van der Waals surface area contributed by atoms with Gasteiger partial charge in [-0.1, -0.05) is 11.6 Å². The average Bonchev–Trinajstić information content (AvgIpc) is 3.24. The first-order valence-electron chi connectivity index (χ1n) is 11.0. The predicted octanol–water partition coefficient (Wildman–Crippen LogP) is 1.27. The van der Waals surface area contributed by atoms with Crippen molar-refractivity contribution in [1.82, 2.24) is 25.5 Å². The molecule has 0 spiro atoms. The summed E-state index contributed by atoms with van der Waals surface area (Å²) in [6, 6.07) is 5.64. The number of halogens is 2. The maximum absolute atomic E-state index is 13.3. The van der Waals surface area contributed by atoms with Crippen LogP contribution in [0.5, 0.6) is 5.75 Å². The molecule has 4 N–H and O–H groups in total. The van der Waals surface area contributed by atoms with E-state index in [1.807, 2.05) is 0 Å². The van der Waals surface area contributed by atoms with Crippen molar-refractivity contribution in [2.24, 2.45) is 5.92 Å². The number of rotatable bonds is 9. The number of benzene rings is 1. The fourth-order valence-electron chi connectivity index (χ4n) is 3.96. The van der Waals surface area contributed by atoms with Crippen LogP contribution in [0.3, 0.4) is 0 Å². The normalized spacial score (nSPS) is 16.1. The number of pyridine rings is 1. The van der Waals surface area contributed by atoms with Gasteiger partial charge in [0.1, 0.15) is 22.6 Å². The van der Waals surface area contributed by atoms with E-state index in [9.17, 15) is 14.0 Å². The van der Waals surface area contributed by atoms with Crippen molar-refractivity contribution in [2.45, 2.75) is 19.6 Å². The number of amides is 1. The lowest BCUT2D eigenvalue weighted by Crippen LogP contribution is -2.37. The molecule has 1 saturated heterocycles. The van der Waals surface area contributed by atoms with E-state index in [-0.39, 0.29) is 29.6 Å². The number of nitrogens with one attached hydrogen (secondary N) is 4. The van der Waals surface area contributed by atoms with E-state index in [4.69, 9.17) is 16.3 Å². The number of carbonyl (C=O) groups is 1. The number of fused-ring (bicyclic) bond motifs is 1. The van der Waals surface area contributed by atoms with Crippen LogP contribution < -0.4 is 25.9 Å². The van der Waals surface area contributed by atoms with Crippen molar-refractivity contribution < 1.29 is 18.9 Å². The summed E-state index contributed by atoms with van der Waals surface area (Å²) in [6.45, 7) is 3.18. The molecule has 1 aliphatic rings. The summed E-state index contributed by atoms with van der Waals surface area (Å²) in [5.41, 5.74) is 0.844. The third-order valence-electron chi connectivity index (χ3n) is 5.74. The molecular weight excluding hydrogens is 463 g/mol. The molecular formula is C23H27ClFN6O3+. The Kier molecular flexibility index (Phi) is 7.71. The smallest absolute Gasteiger partial charge is 0.343 e. The second-order valence-electron chi connectivity index (χ2n) is 8.43. The third-order valence-corrected chi connectivity index (χ3v) is 6.03. The van der Waals surface area contributed by atoms with Gasteiger partial charge in [-0.2, -0.15) is 0 Å². The molecule has 1 amide bonds. The fraction of sp³-hybridized carbons (Fsp3) is 0.391. The maximum Gasteiger partial charge on any atom is 0.343 e. The summed E-state index contributed by atoms with van der Waals surface area (Å²) in [6.07, 6.45) is 2.64. The summed E-state index contributed by atoms with van der Waals surface area (Å²) < 4.78 is 18.9. The second kappa shape index (κ2) is 10.9. The van der Waals surface area contributed by atoms with E-state index in [2.05, 4.69) is 37.5 Å². The molecule has 34 heavy (non-hydrogen) atoms. The number of H-pyrrole nitrogens is 2. The third kappa shape index (κ3) is 6.07. The van der Waals surface area contributed by atoms with Crippen molar-refractivity contribution >= 4 is 28.4 Å². The van der Waals surface area contributed by atoms with E-state index in [1.54, 1.807) is 12.3 Å². The minimum atomic E-state index is -0.539. The molecule has 1 aliphatic heterocycles. The number of aromatic nitrogens is 3.